The lowest BCUT2D eigenvalue weighted by Crippen LogP contribution is -2.11. The molecule has 0 saturated carbocycles. The van der Waals surface area contributed by atoms with E-state index < -0.39 is 0 Å². The Morgan fingerprint density at radius 1 is 1.05 bits per heavy atom. The highest BCUT2D eigenvalue weighted by Gasteiger charge is 2.13. The van der Waals surface area contributed by atoms with Crippen molar-refractivity contribution in [2.45, 2.75) is 33.1 Å². The van der Waals surface area contributed by atoms with Gasteiger partial charge in [-0.3, -0.25) is 0 Å². The van der Waals surface area contributed by atoms with E-state index in [1.165, 1.54) is 35.4 Å². The number of rotatable bonds is 7. The van der Waals surface area contributed by atoms with Crippen LogP contribution in [0.1, 0.15) is 38.7 Å². The maximum Gasteiger partial charge on any atom is 0.0484 e. The van der Waals surface area contributed by atoms with Crippen LogP contribution in [0.5, 0.6) is 0 Å². The first kappa shape index (κ1) is 16.4. The van der Waals surface area contributed by atoms with E-state index >= 15 is 0 Å². The topological polar surface area (TPSA) is 3.24 Å². The quantitative estimate of drug-likeness (QED) is 0.579. The molecule has 2 aromatic rings. The molecular weight excluding hydrogens is 266 g/mol. The van der Waals surface area contributed by atoms with Gasteiger partial charge in [-0.05, 0) is 36.1 Å². The molecule has 0 aromatic heterocycles. The Morgan fingerprint density at radius 3 is 2.36 bits per heavy atom. The zero-order valence-corrected chi connectivity index (χ0v) is 14.0. The van der Waals surface area contributed by atoms with Gasteiger partial charge in [-0.2, -0.15) is 0 Å². The highest BCUT2D eigenvalue weighted by Crippen LogP contribution is 2.33. The smallest absolute Gasteiger partial charge is 0.0484 e. The van der Waals surface area contributed by atoms with Crippen molar-refractivity contribution in [2.24, 2.45) is 5.92 Å². The molecule has 0 spiro atoms. The van der Waals surface area contributed by atoms with E-state index in [1.54, 1.807) is 0 Å². The van der Waals surface area contributed by atoms with Gasteiger partial charge in [-0.25, -0.2) is 0 Å². The second kappa shape index (κ2) is 7.84. The molecule has 116 valence electrons. The van der Waals surface area contributed by atoms with Gasteiger partial charge in [0.1, 0.15) is 0 Å². The first-order valence-corrected chi connectivity index (χ1v) is 8.19. The normalized spacial score (nSPS) is 12.0. The summed E-state index contributed by atoms with van der Waals surface area (Å²) in [6.45, 7) is 8.92. The summed E-state index contributed by atoms with van der Waals surface area (Å²) in [6, 6.07) is 19.1. The van der Waals surface area contributed by atoms with Crippen molar-refractivity contribution in [1.82, 2.24) is 0 Å². The Balaban J connectivity index is 2.25. The average molecular weight is 293 g/mol. The van der Waals surface area contributed by atoms with Crippen LogP contribution >= 0.6 is 0 Å². The van der Waals surface area contributed by atoms with Crippen molar-refractivity contribution >= 4 is 16.9 Å². The summed E-state index contributed by atoms with van der Waals surface area (Å²) in [5.74, 6) is 0.688. The molecule has 2 aromatic carbocycles. The van der Waals surface area contributed by atoms with Gasteiger partial charge in [0.2, 0.25) is 0 Å². The molecule has 0 fully saturated rings. The molecule has 1 heteroatoms. The van der Waals surface area contributed by atoms with Crippen molar-refractivity contribution in [2.75, 3.05) is 11.9 Å². The molecule has 0 saturated heterocycles. The number of anilines is 2. The van der Waals surface area contributed by atoms with Crippen LogP contribution in [0.3, 0.4) is 0 Å². The fourth-order valence-corrected chi connectivity index (χ4v) is 2.98. The maximum absolute atomic E-state index is 4.36. The molecule has 0 bridgehead atoms. The molecule has 0 heterocycles. The average Bonchev–Trinajstić information content (AvgIpc) is 2.55. The minimum absolute atomic E-state index is 0.688. The van der Waals surface area contributed by atoms with Gasteiger partial charge in [-0.15, -0.1) is 0 Å². The number of benzene rings is 2. The van der Waals surface area contributed by atoms with Gasteiger partial charge in [0.05, 0.1) is 0 Å². The molecule has 0 amide bonds. The Morgan fingerprint density at radius 2 is 1.68 bits per heavy atom. The van der Waals surface area contributed by atoms with Gasteiger partial charge >= 0.3 is 0 Å². The summed E-state index contributed by atoms with van der Waals surface area (Å²) < 4.78 is 0. The highest BCUT2D eigenvalue weighted by molar-refractivity contribution is 5.79. The minimum Gasteiger partial charge on any atom is -0.344 e. The Kier molecular flexibility index (Phi) is 5.83. The second-order valence-corrected chi connectivity index (χ2v) is 6.11. The van der Waals surface area contributed by atoms with Gasteiger partial charge in [0.25, 0.3) is 0 Å². The van der Waals surface area contributed by atoms with Gasteiger partial charge in [-0.1, -0.05) is 69.7 Å². The van der Waals surface area contributed by atoms with Crippen LogP contribution in [0.2, 0.25) is 0 Å². The van der Waals surface area contributed by atoms with Crippen LogP contribution in [0.4, 0.5) is 11.4 Å². The van der Waals surface area contributed by atoms with Crippen LogP contribution < -0.4 is 4.90 Å². The summed E-state index contributed by atoms with van der Waals surface area (Å²) in [5.41, 5.74) is 4.92. The van der Waals surface area contributed by atoms with Crippen molar-refractivity contribution in [1.29, 1.82) is 0 Å². The summed E-state index contributed by atoms with van der Waals surface area (Å²) in [5, 5.41) is 0. The molecule has 0 radical (unpaired) electrons. The molecule has 0 aliphatic rings. The number of nitrogens with zero attached hydrogens (tertiary/aromatic N) is 1. The summed E-state index contributed by atoms with van der Waals surface area (Å²) in [6.07, 6.45) is 3.56. The van der Waals surface area contributed by atoms with Crippen LogP contribution in [0.15, 0.2) is 61.2 Å². The predicted molar refractivity (Wildman–Crippen MR) is 98.7 cm³/mol. The zero-order valence-electron chi connectivity index (χ0n) is 14.0. The standard InChI is InChI=1S/C21H27N/c1-5-11-17(2)16-18(3)20-14-9-10-15-21(20)22(4)19-12-7-6-8-13-19/h6-10,12-15,17H,3,5,11,16H2,1-2,4H3. The minimum atomic E-state index is 0.688. The Labute approximate surface area is 135 Å². The molecule has 2 rings (SSSR count). The number of hydrogen-bond donors (Lipinski definition) is 0. The Hall–Kier alpha value is -2.02. The van der Waals surface area contributed by atoms with E-state index in [4.69, 9.17) is 0 Å². The second-order valence-electron chi connectivity index (χ2n) is 6.11. The van der Waals surface area contributed by atoms with E-state index in [0.717, 1.165) is 6.42 Å². The van der Waals surface area contributed by atoms with Crippen molar-refractivity contribution in [3.63, 3.8) is 0 Å². The van der Waals surface area contributed by atoms with E-state index in [2.05, 4.69) is 87.0 Å². The van der Waals surface area contributed by atoms with Gasteiger partial charge in [0, 0.05) is 24.0 Å². The fourth-order valence-electron chi connectivity index (χ4n) is 2.98. The summed E-state index contributed by atoms with van der Waals surface area (Å²) >= 11 is 0. The van der Waals surface area contributed by atoms with E-state index in [9.17, 15) is 0 Å². The molecule has 1 atom stereocenters. The van der Waals surface area contributed by atoms with Crippen molar-refractivity contribution < 1.29 is 0 Å². The lowest BCUT2D eigenvalue weighted by Gasteiger charge is -2.24. The maximum atomic E-state index is 4.36. The molecule has 0 aliphatic carbocycles. The third kappa shape index (κ3) is 4.00. The van der Waals surface area contributed by atoms with Crippen LogP contribution in [0, 0.1) is 5.92 Å². The molecule has 0 N–H and O–H groups in total. The first-order valence-electron chi connectivity index (χ1n) is 8.19. The summed E-state index contributed by atoms with van der Waals surface area (Å²) in [7, 11) is 2.12. The highest BCUT2D eigenvalue weighted by atomic mass is 15.1. The SMILES string of the molecule is C=C(CC(C)CCC)c1ccccc1N(C)c1ccccc1. The third-order valence-electron chi connectivity index (χ3n) is 4.17. The zero-order chi connectivity index (χ0) is 15.9. The fraction of sp³-hybridized carbons (Fsp3) is 0.333. The van der Waals surface area contributed by atoms with Crippen LogP contribution in [0.25, 0.3) is 5.57 Å². The third-order valence-corrected chi connectivity index (χ3v) is 4.17. The largest absolute Gasteiger partial charge is 0.344 e. The predicted octanol–water partition coefficient (Wildman–Crippen LogP) is 6.29. The van der Waals surface area contributed by atoms with E-state index in [-0.39, 0.29) is 0 Å². The molecule has 0 aliphatic heterocycles. The van der Waals surface area contributed by atoms with Crippen molar-refractivity contribution in [3.8, 4) is 0 Å². The molecule has 1 unspecified atom stereocenters. The first-order chi connectivity index (χ1) is 10.6. The van der Waals surface area contributed by atoms with Crippen LogP contribution in [-0.2, 0) is 0 Å². The van der Waals surface area contributed by atoms with E-state index in [0.29, 0.717) is 5.92 Å². The number of hydrogen-bond acceptors (Lipinski definition) is 1. The molecule has 22 heavy (non-hydrogen) atoms. The van der Waals surface area contributed by atoms with E-state index in [1.807, 2.05) is 0 Å². The number of para-hydroxylation sites is 2. The van der Waals surface area contributed by atoms with Crippen molar-refractivity contribution in [3.05, 3.63) is 66.7 Å². The Bertz CT molecular complexity index is 600. The van der Waals surface area contributed by atoms with Crippen LogP contribution in [-0.4, -0.2) is 7.05 Å². The molecular formula is C21H27N. The number of allylic oxidation sites excluding steroid dienone is 1. The van der Waals surface area contributed by atoms with Gasteiger partial charge in [0.15, 0.2) is 0 Å². The summed E-state index contributed by atoms with van der Waals surface area (Å²) in [4.78, 5) is 2.24. The van der Waals surface area contributed by atoms with Gasteiger partial charge < -0.3 is 4.90 Å². The lowest BCUT2D eigenvalue weighted by molar-refractivity contribution is 0.538. The lowest BCUT2D eigenvalue weighted by atomic mass is 9.92. The monoisotopic (exact) mass is 293 g/mol. The molecule has 1 nitrogen and oxygen atoms in total.